The van der Waals surface area contributed by atoms with Gasteiger partial charge in [0.1, 0.15) is 7.85 Å². The Kier molecular flexibility index (Phi) is 2.31. The van der Waals surface area contributed by atoms with Crippen molar-refractivity contribution in [3.8, 4) is 0 Å². The molecule has 0 spiro atoms. The molecule has 1 N–H and O–H groups in total. The summed E-state index contributed by atoms with van der Waals surface area (Å²) in [5.41, 5.74) is -0.0730. The van der Waals surface area contributed by atoms with Crippen molar-refractivity contribution in [2.24, 2.45) is 5.92 Å². The molecule has 0 aromatic rings. The highest BCUT2D eigenvalue weighted by atomic mass is 16.3. The minimum atomic E-state index is -1.66. The molecule has 0 aromatic carbocycles. The Labute approximate surface area is 94.6 Å². The van der Waals surface area contributed by atoms with Crippen LogP contribution in [0.2, 0.25) is 5.21 Å². The molecular formula is C11H11B3O. The monoisotopic (exact) mass is 192 g/mol. The molecule has 1 saturated carbocycles. The first kappa shape index (κ1) is 10.9. The van der Waals surface area contributed by atoms with E-state index in [4.69, 9.17) is 23.5 Å². The number of aliphatic hydroxyl groups is 1. The summed E-state index contributed by atoms with van der Waals surface area (Å²) in [4.78, 5) is 0. The summed E-state index contributed by atoms with van der Waals surface area (Å²) in [6.45, 7) is 1.88. The molecule has 0 amide bonds. The van der Waals surface area contributed by atoms with Gasteiger partial charge in [0.25, 0.3) is 0 Å². The topological polar surface area (TPSA) is 20.2 Å². The molecule has 6 radical (unpaired) electrons. The third kappa shape index (κ3) is 1.31. The van der Waals surface area contributed by atoms with Crippen molar-refractivity contribution >= 4 is 23.5 Å². The van der Waals surface area contributed by atoms with Gasteiger partial charge in [-0.2, -0.15) is 0 Å². The zero-order chi connectivity index (χ0) is 11.3. The molecule has 0 bridgehead atoms. The highest BCUT2D eigenvalue weighted by Crippen LogP contribution is 2.56. The van der Waals surface area contributed by atoms with Gasteiger partial charge in [0.2, 0.25) is 0 Å². The SMILES string of the molecule is [B]C1(O)C2=CC=CCC=C2C(C)C1([B])[B]. The Morgan fingerprint density at radius 3 is 2.73 bits per heavy atom. The van der Waals surface area contributed by atoms with E-state index < -0.39 is 10.7 Å². The standard InChI is InChI=1S/C11H11B3O/c1-7-8-5-3-2-4-6-9(8)11(14,15)10(7,12)13/h2,4-7,15H,3H2,1H3. The maximum atomic E-state index is 10.2. The minimum absolute atomic E-state index is 0.154. The van der Waals surface area contributed by atoms with Gasteiger partial charge in [0.05, 0.1) is 15.7 Å². The first-order valence-corrected chi connectivity index (χ1v) is 5.05. The fraction of sp³-hybridized carbons (Fsp3) is 0.455. The van der Waals surface area contributed by atoms with Gasteiger partial charge in [-0.25, -0.2) is 0 Å². The number of hydrogen-bond donors (Lipinski definition) is 1. The minimum Gasteiger partial charge on any atom is -0.396 e. The first-order valence-electron chi connectivity index (χ1n) is 5.05. The lowest BCUT2D eigenvalue weighted by molar-refractivity contribution is 0.151. The second-order valence-electron chi connectivity index (χ2n) is 4.32. The van der Waals surface area contributed by atoms with Gasteiger partial charge in [0, 0.05) is 5.50 Å². The molecule has 1 nitrogen and oxygen atoms in total. The summed E-state index contributed by atoms with van der Waals surface area (Å²) in [6.07, 6.45) is 8.47. The lowest BCUT2D eigenvalue weighted by Gasteiger charge is -2.38. The molecule has 4 heteroatoms. The van der Waals surface area contributed by atoms with Gasteiger partial charge in [-0.05, 0) is 23.5 Å². The molecule has 2 aliphatic rings. The van der Waals surface area contributed by atoms with Crippen molar-refractivity contribution in [2.45, 2.75) is 24.1 Å². The van der Waals surface area contributed by atoms with Crippen molar-refractivity contribution in [1.82, 2.24) is 0 Å². The van der Waals surface area contributed by atoms with Crippen LogP contribution in [0.3, 0.4) is 0 Å². The molecular weight excluding hydrogens is 181 g/mol. The molecule has 0 aliphatic heterocycles. The van der Waals surface area contributed by atoms with E-state index in [1.165, 1.54) is 0 Å². The second-order valence-corrected chi connectivity index (χ2v) is 4.32. The summed E-state index contributed by atoms with van der Waals surface area (Å²) < 4.78 is 0. The zero-order valence-corrected chi connectivity index (χ0v) is 8.77. The summed E-state index contributed by atoms with van der Waals surface area (Å²) >= 11 is 0. The Balaban J connectivity index is 2.60. The Morgan fingerprint density at radius 1 is 1.40 bits per heavy atom. The van der Waals surface area contributed by atoms with E-state index in [1.54, 1.807) is 6.08 Å². The number of allylic oxidation sites excluding steroid dienone is 4. The molecule has 15 heavy (non-hydrogen) atoms. The van der Waals surface area contributed by atoms with Gasteiger partial charge in [-0.1, -0.05) is 36.4 Å². The predicted molar refractivity (Wildman–Crippen MR) is 64.0 cm³/mol. The Hall–Kier alpha value is -0.625. The highest BCUT2D eigenvalue weighted by molar-refractivity contribution is 6.46. The molecule has 70 valence electrons. The highest BCUT2D eigenvalue weighted by Gasteiger charge is 2.52. The van der Waals surface area contributed by atoms with Crippen molar-refractivity contribution in [3.63, 3.8) is 0 Å². The van der Waals surface area contributed by atoms with E-state index in [2.05, 4.69) is 0 Å². The molecule has 2 atom stereocenters. The van der Waals surface area contributed by atoms with Gasteiger partial charge < -0.3 is 5.11 Å². The van der Waals surface area contributed by atoms with Crippen LogP contribution in [0.5, 0.6) is 0 Å². The van der Waals surface area contributed by atoms with E-state index in [0.717, 1.165) is 12.0 Å². The number of rotatable bonds is 0. The average Bonchev–Trinajstić information content (AvgIpc) is 2.41. The van der Waals surface area contributed by atoms with Crippen molar-refractivity contribution in [1.29, 1.82) is 0 Å². The van der Waals surface area contributed by atoms with Crippen LogP contribution in [0, 0.1) is 5.92 Å². The molecule has 2 rings (SSSR count). The zero-order valence-electron chi connectivity index (χ0n) is 8.77. The fourth-order valence-corrected chi connectivity index (χ4v) is 2.22. The Bertz CT molecular complexity index is 377. The van der Waals surface area contributed by atoms with E-state index in [1.807, 2.05) is 25.2 Å². The van der Waals surface area contributed by atoms with Crippen molar-refractivity contribution < 1.29 is 5.11 Å². The van der Waals surface area contributed by atoms with Crippen LogP contribution in [-0.2, 0) is 0 Å². The second kappa shape index (κ2) is 3.18. The quantitative estimate of drug-likeness (QED) is 0.561. The third-order valence-electron chi connectivity index (χ3n) is 3.44. The van der Waals surface area contributed by atoms with E-state index in [-0.39, 0.29) is 5.92 Å². The fourth-order valence-electron chi connectivity index (χ4n) is 2.22. The molecule has 0 heterocycles. The molecule has 0 aromatic heterocycles. The number of fused-ring (bicyclic) bond motifs is 1. The van der Waals surface area contributed by atoms with Crippen LogP contribution < -0.4 is 0 Å². The van der Waals surface area contributed by atoms with Crippen LogP contribution in [-0.4, -0.2) is 34.1 Å². The normalized spacial score (nSPS) is 37.9. The van der Waals surface area contributed by atoms with Gasteiger partial charge in [-0.15, -0.1) is 0 Å². The summed E-state index contributed by atoms with van der Waals surface area (Å²) in [5.74, 6) is -0.154. The van der Waals surface area contributed by atoms with Crippen LogP contribution in [0.25, 0.3) is 0 Å². The maximum Gasteiger partial charge on any atom is 0.118 e. The average molecular weight is 192 g/mol. The smallest absolute Gasteiger partial charge is 0.118 e. The lowest BCUT2D eigenvalue weighted by Crippen LogP contribution is -2.43. The lowest BCUT2D eigenvalue weighted by atomic mass is 9.40. The molecule has 2 aliphatic carbocycles. The van der Waals surface area contributed by atoms with Crippen LogP contribution in [0.4, 0.5) is 0 Å². The van der Waals surface area contributed by atoms with E-state index >= 15 is 0 Å². The Morgan fingerprint density at radius 2 is 2.07 bits per heavy atom. The van der Waals surface area contributed by atoms with Crippen LogP contribution in [0.1, 0.15) is 13.3 Å². The van der Waals surface area contributed by atoms with Gasteiger partial charge in [0.15, 0.2) is 0 Å². The first-order chi connectivity index (χ1) is 6.89. The number of hydrogen-bond acceptors (Lipinski definition) is 1. The molecule has 2 unspecified atom stereocenters. The maximum absolute atomic E-state index is 10.2. The van der Waals surface area contributed by atoms with Gasteiger partial charge >= 0.3 is 0 Å². The van der Waals surface area contributed by atoms with Gasteiger partial charge in [-0.3, -0.25) is 0 Å². The molecule has 1 fully saturated rings. The van der Waals surface area contributed by atoms with E-state index in [9.17, 15) is 5.11 Å². The predicted octanol–water partition coefficient (Wildman–Crippen LogP) is 0.759. The van der Waals surface area contributed by atoms with E-state index in [0.29, 0.717) is 5.57 Å². The van der Waals surface area contributed by atoms with Crippen molar-refractivity contribution in [2.75, 3.05) is 0 Å². The van der Waals surface area contributed by atoms with Crippen molar-refractivity contribution in [3.05, 3.63) is 35.5 Å². The third-order valence-corrected chi connectivity index (χ3v) is 3.44. The summed E-state index contributed by atoms with van der Waals surface area (Å²) in [6, 6.07) is 0. The van der Waals surface area contributed by atoms with Crippen LogP contribution >= 0.6 is 0 Å². The van der Waals surface area contributed by atoms with Crippen LogP contribution in [0.15, 0.2) is 35.5 Å². The largest absolute Gasteiger partial charge is 0.396 e. The summed E-state index contributed by atoms with van der Waals surface area (Å²) in [7, 11) is 17.6. The summed E-state index contributed by atoms with van der Waals surface area (Å²) in [5, 5.41) is 8.89. The molecule has 0 saturated heterocycles.